The maximum absolute atomic E-state index is 10.6. The molecule has 0 radical (unpaired) electrons. The van der Waals surface area contributed by atoms with Gasteiger partial charge in [-0.05, 0) is 60.8 Å². The average Bonchev–Trinajstić information content (AvgIpc) is 2.83. The molecule has 0 spiro atoms. The topological polar surface area (TPSA) is 47.6 Å². The highest BCUT2D eigenvalue weighted by Crippen LogP contribution is 2.41. The number of aldehydes is 1. The van der Waals surface area contributed by atoms with Crippen molar-refractivity contribution in [3.8, 4) is 11.5 Å². The van der Waals surface area contributed by atoms with E-state index >= 15 is 0 Å². The number of benzene rings is 2. The van der Waals surface area contributed by atoms with E-state index < -0.39 is 0 Å². The van der Waals surface area contributed by atoms with Crippen molar-refractivity contribution >= 4 is 11.9 Å². The summed E-state index contributed by atoms with van der Waals surface area (Å²) in [5, 5.41) is 3.43. The van der Waals surface area contributed by atoms with Gasteiger partial charge in [-0.1, -0.05) is 29.8 Å². The van der Waals surface area contributed by atoms with Gasteiger partial charge in [-0.25, -0.2) is 0 Å². The highest BCUT2D eigenvalue weighted by molar-refractivity contribution is 5.87. The summed E-state index contributed by atoms with van der Waals surface area (Å²) in [6.45, 7) is 2.62. The Morgan fingerprint density at radius 2 is 1.92 bits per heavy atom. The predicted molar refractivity (Wildman–Crippen MR) is 96.9 cm³/mol. The van der Waals surface area contributed by atoms with Gasteiger partial charge in [0, 0.05) is 5.56 Å². The molecule has 0 amide bonds. The minimum atomic E-state index is 0.0616. The van der Waals surface area contributed by atoms with Crippen LogP contribution in [0.1, 0.15) is 29.5 Å². The Balaban J connectivity index is 1.89. The summed E-state index contributed by atoms with van der Waals surface area (Å²) in [5.74, 6) is 1.57. The molecular weight excluding hydrogens is 314 g/mol. The second kappa shape index (κ2) is 7.11. The summed E-state index contributed by atoms with van der Waals surface area (Å²) in [4.78, 5) is 10.6. The van der Waals surface area contributed by atoms with Crippen LogP contribution in [0.2, 0.25) is 0 Å². The Morgan fingerprint density at radius 1 is 1.08 bits per heavy atom. The highest BCUT2D eigenvalue weighted by atomic mass is 16.5. The van der Waals surface area contributed by atoms with Crippen molar-refractivity contribution in [2.24, 2.45) is 0 Å². The summed E-state index contributed by atoms with van der Waals surface area (Å²) >= 11 is 0. The van der Waals surface area contributed by atoms with Gasteiger partial charge in [0.15, 0.2) is 6.29 Å². The van der Waals surface area contributed by atoms with Gasteiger partial charge in [0.2, 0.25) is 0 Å². The molecule has 2 heterocycles. The van der Waals surface area contributed by atoms with Gasteiger partial charge in [-0.2, -0.15) is 0 Å². The van der Waals surface area contributed by atoms with Crippen molar-refractivity contribution in [1.82, 2.24) is 5.32 Å². The van der Waals surface area contributed by atoms with Gasteiger partial charge in [0.05, 0.1) is 0 Å². The van der Waals surface area contributed by atoms with E-state index in [2.05, 4.69) is 29.6 Å². The smallest absolute Gasteiger partial charge is 0.157 e. The van der Waals surface area contributed by atoms with E-state index in [4.69, 9.17) is 9.47 Å². The van der Waals surface area contributed by atoms with Crippen molar-refractivity contribution < 1.29 is 14.3 Å². The molecule has 1 N–H and O–H groups in total. The molecule has 0 aromatic heterocycles. The van der Waals surface area contributed by atoms with E-state index in [0.717, 1.165) is 43.5 Å². The first-order valence-electron chi connectivity index (χ1n) is 8.71. The van der Waals surface area contributed by atoms with E-state index in [0.29, 0.717) is 12.4 Å². The normalized spacial score (nSPS) is 16.3. The zero-order chi connectivity index (χ0) is 17.1. The number of carbonyl (C=O) groups excluding carboxylic acids is 1. The molecular formula is C21H21NO3. The number of carbonyl (C=O) groups is 1. The Kier molecular flexibility index (Phi) is 4.53. The predicted octanol–water partition coefficient (Wildman–Crippen LogP) is 3.34. The second-order valence-electron chi connectivity index (χ2n) is 6.31. The molecule has 2 aromatic carbocycles. The van der Waals surface area contributed by atoms with Gasteiger partial charge >= 0.3 is 0 Å². The van der Waals surface area contributed by atoms with Crippen LogP contribution in [0.15, 0.2) is 48.0 Å². The fraction of sp³-hybridized carbons (Fsp3) is 0.286. The summed E-state index contributed by atoms with van der Waals surface area (Å²) in [6.07, 6.45) is 2.83. The quantitative estimate of drug-likeness (QED) is 0.874. The number of ether oxygens (including phenoxy) is 2. The first-order chi connectivity index (χ1) is 12.4. The Hall–Kier alpha value is -2.59. The van der Waals surface area contributed by atoms with Crippen LogP contribution >= 0.6 is 0 Å². The Morgan fingerprint density at radius 3 is 2.76 bits per heavy atom. The molecule has 2 aliphatic rings. The van der Waals surface area contributed by atoms with Crippen LogP contribution in [0.25, 0.3) is 5.57 Å². The lowest BCUT2D eigenvalue weighted by molar-refractivity contribution is -0.109. The zero-order valence-corrected chi connectivity index (χ0v) is 14.1. The standard InChI is InChI=1S/C21H21NO3/c23-11-12-24-17-5-6-20-19(13-17)21(15-7-9-22-10-8-15)18-4-2-1-3-16(18)14-25-20/h1-6,11,13,22H,7-10,12,14H2. The zero-order valence-electron chi connectivity index (χ0n) is 14.1. The maximum atomic E-state index is 10.6. The van der Waals surface area contributed by atoms with Gasteiger partial charge in [-0.15, -0.1) is 0 Å². The molecule has 0 bridgehead atoms. The van der Waals surface area contributed by atoms with E-state index in [9.17, 15) is 4.79 Å². The second-order valence-corrected chi connectivity index (χ2v) is 6.31. The molecule has 0 unspecified atom stereocenters. The largest absolute Gasteiger partial charge is 0.488 e. The third-order valence-electron chi connectivity index (χ3n) is 4.77. The number of nitrogens with one attached hydrogen (secondary N) is 1. The molecule has 0 atom stereocenters. The molecule has 1 fully saturated rings. The molecule has 2 aliphatic heterocycles. The number of rotatable bonds is 3. The first kappa shape index (κ1) is 15.9. The lowest BCUT2D eigenvalue weighted by Crippen LogP contribution is -2.24. The fourth-order valence-electron chi connectivity index (χ4n) is 3.60. The number of piperidine rings is 1. The monoisotopic (exact) mass is 335 g/mol. The molecule has 4 heteroatoms. The van der Waals surface area contributed by atoms with E-state index in [-0.39, 0.29) is 6.61 Å². The van der Waals surface area contributed by atoms with Gasteiger partial charge in [0.1, 0.15) is 24.7 Å². The molecule has 2 aromatic rings. The average molecular weight is 335 g/mol. The van der Waals surface area contributed by atoms with Crippen LogP contribution in [0.4, 0.5) is 0 Å². The van der Waals surface area contributed by atoms with Gasteiger partial charge in [0.25, 0.3) is 0 Å². The molecule has 0 aliphatic carbocycles. The lowest BCUT2D eigenvalue weighted by Gasteiger charge is -2.22. The van der Waals surface area contributed by atoms with E-state index in [1.807, 2.05) is 18.2 Å². The van der Waals surface area contributed by atoms with E-state index in [1.165, 1.54) is 22.3 Å². The molecule has 4 nitrogen and oxygen atoms in total. The van der Waals surface area contributed by atoms with Gasteiger partial charge in [-0.3, -0.25) is 4.79 Å². The van der Waals surface area contributed by atoms with Crippen molar-refractivity contribution in [2.75, 3.05) is 19.7 Å². The molecule has 128 valence electrons. The minimum Gasteiger partial charge on any atom is -0.488 e. The SMILES string of the molecule is O=CCOc1ccc2c(c1)C(=C1CCNCC1)c1ccccc1CO2. The fourth-order valence-corrected chi connectivity index (χ4v) is 3.60. The van der Waals surface area contributed by atoms with Crippen LogP contribution in [0, 0.1) is 0 Å². The Bertz CT molecular complexity index is 818. The van der Waals surface area contributed by atoms with Crippen LogP contribution in [0.3, 0.4) is 0 Å². The van der Waals surface area contributed by atoms with Crippen molar-refractivity contribution in [3.63, 3.8) is 0 Å². The molecule has 4 rings (SSSR count). The third kappa shape index (κ3) is 3.17. The minimum absolute atomic E-state index is 0.0616. The maximum Gasteiger partial charge on any atom is 0.157 e. The first-order valence-corrected chi connectivity index (χ1v) is 8.71. The van der Waals surface area contributed by atoms with Crippen LogP contribution in [-0.2, 0) is 11.4 Å². The summed E-state index contributed by atoms with van der Waals surface area (Å²) in [7, 11) is 0. The summed E-state index contributed by atoms with van der Waals surface area (Å²) in [6, 6.07) is 14.3. The van der Waals surface area contributed by atoms with E-state index in [1.54, 1.807) is 0 Å². The highest BCUT2D eigenvalue weighted by Gasteiger charge is 2.23. The van der Waals surface area contributed by atoms with Crippen LogP contribution in [-0.4, -0.2) is 26.0 Å². The Labute approximate surface area is 147 Å². The van der Waals surface area contributed by atoms with Gasteiger partial charge < -0.3 is 14.8 Å². The number of hydrogen-bond donors (Lipinski definition) is 1. The van der Waals surface area contributed by atoms with Crippen LogP contribution < -0.4 is 14.8 Å². The number of fused-ring (bicyclic) bond motifs is 2. The lowest BCUT2D eigenvalue weighted by atomic mass is 9.87. The number of hydrogen-bond acceptors (Lipinski definition) is 4. The van der Waals surface area contributed by atoms with Crippen LogP contribution in [0.5, 0.6) is 11.5 Å². The van der Waals surface area contributed by atoms with Crippen molar-refractivity contribution in [3.05, 3.63) is 64.7 Å². The van der Waals surface area contributed by atoms with Crippen molar-refractivity contribution in [1.29, 1.82) is 0 Å². The summed E-state index contributed by atoms with van der Waals surface area (Å²) in [5.41, 5.74) is 6.22. The molecule has 25 heavy (non-hydrogen) atoms. The molecule has 1 saturated heterocycles. The third-order valence-corrected chi connectivity index (χ3v) is 4.77. The van der Waals surface area contributed by atoms with Crippen molar-refractivity contribution in [2.45, 2.75) is 19.4 Å². The molecule has 0 saturated carbocycles. The summed E-state index contributed by atoms with van der Waals surface area (Å²) < 4.78 is 11.6.